The van der Waals surface area contributed by atoms with Crippen LogP contribution in [0.15, 0.2) is 24.3 Å². The lowest BCUT2D eigenvalue weighted by Crippen LogP contribution is -2.47. The second kappa shape index (κ2) is 6.13. The number of carbonyl (C=O) groups excluding carboxylic acids is 1. The van der Waals surface area contributed by atoms with E-state index < -0.39 is 11.4 Å². The largest absolute Gasteiger partial charge is 0.480 e. The molecule has 0 radical (unpaired) electrons. The highest BCUT2D eigenvalue weighted by Crippen LogP contribution is 2.46. The zero-order valence-corrected chi connectivity index (χ0v) is 13.6. The molecule has 0 aromatic heterocycles. The van der Waals surface area contributed by atoms with Crippen molar-refractivity contribution < 1.29 is 19.4 Å². The number of carboxylic acid groups (broad SMARTS) is 1. The first-order valence-electron chi connectivity index (χ1n) is 7.84. The van der Waals surface area contributed by atoms with Gasteiger partial charge in [0.05, 0.1) is 0 Å². The zero-order chi connectivity index (χ0) is 16.5. The van der Waals surface area contributed by atoms with E-state index in [0.717, 1.165) is 18.4 Å². The van der Waals surface area contributed by atoms with Crippen LogP contribution < -0.4 is 5.32 Å². The number of ether oxygens (including phenoxy) is 1. The summed E-state index contributed by atoms with van der Waals surface area (Å²) in [4.78, 5) is 23.6. The van der Waals surface area contributed by atoms with Gasteiger partial charge in [0, 0.05) is 30.2 Å². The SMILES string of the molecule is O=C(O)C1(C(=O)NCC2(c3cccc(Cl)c3)CCOCC2)CC1. The van der Waals surface area contributed by atoms with Gasteiger partial charge in [0.15, 0.2) is 0 Å². The fraction of sp³-hybridized carbons (Fsp3) is 0.529. The van der Waals surface area contributed by atoms with Crippen LogP contribution in [0.3, 0.4) is 0 Å². The van der Waals surface area contributed by atoms with E-state index in [1.54, 1.807) is 0 Å². The standard InChI is InChI=1S/C17H20ClNO4/c18-13-3-1-2-12(10-13)16(6-8-23-9-7-16)11-19-14(20)17(4-5-17)15(21)22/h1-3,10H,4-9,11H2,(H,19,20)(H,21,22). The molecule has 3 rings (SSSR count). The Labute approximate surface area is 140 Å². The zero-order valence-electron chi connectivity index (χ0n) is 12.8. The van der Waals surface area contributed by atoms with Gasteiger partial charge < -0.3 is 15.2 Å². The lowest BCUT2D eigenvalue weighted by atomic mass is 9.74. The van der Waals surface area contributed by atoms with E-state index in [4.69, 9.17) is 16.3 Å². The lowest BCUT2D eigenvalue weighted by molar-refractivity contribution is -0.149. The van der Waals surface area contributed by atoms with Crippen LogP contribution in [0.1, 0.15) is 31.2 Å². The fourth-order valence-corrected chi connectivity index (χ4v) is 3.42. The molecule has 124 valence electrons. The molecule has 1 saturated heterocycles. The van der Waals surface area contributed by atoms with Crippen LogP contribution in [0.25, 0.3) is 0 Å². The minimum atomic E-state index is -1.21. The van der Waals surface area contributed by atoms with Crippen molar-refractivity contribution in [2.45, 2.75) is 31.1 Å². The van der Waals surface area contributed by atoms with Gasteiger partial charge in [-0.05, 0) is 43.4 Å². The van der Waals surface area contributed by atoms with Gasteiger partial charge in [-0.15, -0.1) is 0 Å². The molecular formula is C17H20ClNO4. The maximum atomic E-state index is 12.3. The van der Waals surface area contributed by atoms with Crippen molar-refractivity contribution in [2.75, 3.05) is 19.8 Å². The summed E-state index contributed by atoms with van der Waals surface area (Å²) in [5, 5.41) is 12.8. The first-order chi connectivity index (χ1) is 11.0. The maximum Gasteiger partial charge on any atom is 0.319 e. The van der Waals surface area contributed by atoms with Crippen molar-refractivity contribution in [3.8, 4) is 0 Å². The first kappa shape index (κ1) is 16.3. The molecule has 1 saturated carbocycles. The summed E-state index contributed by atoms with van der Waals surface area (Å²) in [6.45, 7) is 1.64. The summed E-state index contributed by atoms with van der Waals surface area (Å²) in [7, 11) is 0. The van der Waals surface area contributed by atoms with E-state index in [0.29, 0.717) is 37.6 Å². The predicted octanol–water partition coefficient (Wildman–Crippen LogP) is 2.37. The normalized spacial score (nSPS) is 21.4. The molecule has 0 bridgehead atoms. The van der Waals surface area contributed by atoms with Crippen LogP contribution in [-0.2, 0) is 19.7 Å². The Morgan fingerprint density at radius 2 is 1.91 bits per heavy atom. The Morgan fingerprint density at radius 1 is 1.22 bits per heavy atom. The molecule has 2 aliphatic rings. The van der Waals surface area contributed by atoms with Gasteiger partial charge in [0.25, 0.3) is 0 Å². The number of hydrogen-bond acceptors (Lipinski definition) is 3. The predicted molar refractivity (Wildman–Crippen MR) is 85.5 cm³/mol. The number of hydrogen-bond donors (Lipinski definition) is 2. The van der Waals surface area contributed by atoms with E-state index >= 15 is 0 Å². The summed E-state index contributed by atoms with van der Waals surface area (Å²) in [6, 6.07) is 7.65. The second-order valence-corrected chi connectivity index (χ2v) is 6.91. The number of aliphatic carboxylic acids is 1. The molecule has 1 aliphatic carbocycles. The third-order valence-corrected chi connectivity index (χ3v) is 5.30. The van der Waals surface area contributed by atoms with Crippen LogP contribution in [-0.4, -0.2) is 36.7 Å². The molecule has 6 heteroatoms. The van der Waals surface area contributed by atoms with Gasteiger partial charge in [-0.3, -0.25) is 9.59 Å². The number of benzene rings is 1. The second-order valence-electron chi connectivity index (χ2n) is 6.47. The average Bonchev–Trinajstić information content (AvgIpc) is 3.35. The minimum Gasteiger partial charge on any atom is -0.480 e. The highest BCUT2D eigenvalue weighted by atomic mass is 35.5. The molecule has 5 nitrogen and oxygen atoms in total. The Balaban J connectivity index is 1.78. The van der Waals surface area contributed by atoms with Gasteiger partial charge in [-0.25, -0.2) is 0 Å². The number of rotatable bonds is 5. The average molecular weight is 338 g/mol. The van der Waals surface area contributed by atoms with E-state index in [2.05, 4.69) is 5.32 Å². The van der Waals surface area contributed by atoms with Crippen molar-refractivity contribution in [3.05, 3.63) is 34.9 Å². The van der Waals surface area contributed by atoms with Crippen LogP contribution in [0.5, 0.6) is 0 Å². The number of nitrogens with one attached hydrogen (secondary N) is 1. The Bertz CT molecular complexity index is 621. The third-order valence-electron chi connectivity index (χ3n) is 5.07. The first-order valence-corrected chi connectivity index (χ1v) is 8.22. The topological polar surface area (TPSA) is 75.6 Å². The van der Waals surface area contributed by atoms with E-state index in [1.807, 2.05) is 24.3 Å². The molecule has 2 fully saturated rings. The van der Waals surface area contributed by atoms with E-state index in [1.165, 1.54) is 0 Å². The highest BCUT2D eigenvalue weighted by Gasteiger charge is 2.57. The summed E-state index contributed by atoms with van der Waals surface area (Å²) < 4.78 is 5.46. The van der Waals surface area contributed by atoms with Crippen LogP contribution in [0.2, 0.25) is 5.02 Å². The smallest absolute Gasteiger partial charge is 0.319 e. The molecule has 0 atom stereocenters. The van der Waals surface area contributed by atoms with Crippen LogP contribution in [0.4, 0.5) is 0 Å². The molecule has 1 heterocycles. The Hall–Kier alpha value is -1.59. The van der Waals surface area contributed by atoms with Crippen LogP contribution in [0, 0.1) is 5.41 Å². The van der Waals surface area contributed by atoms with Crippen molar-refractivity contribution >= 4 is 23.5 Å². The van der Waals surface area contributed by atoms with E-state index in [9.17, 15) is 14.7 Å². The molecule has 0 spiro atoms. The van der Waals surface area contributed by atoms with Gasteiger partial charge >= 0.3 is 5.97 Å². The Morgan fingerprint density at radius 3 is 2.48 bits per heavy atom. The highest BCUT2D eigenvalue weighted by molar-refractivity contribution is 6.30. The summed E-state index contributed by atoms with van der Waals surface area (Å²) in [5.41, 5.74) is -0.401. The molecule has 2 N–H and O–H groups in total. The van der Waals surface area contributed by atoms with Gasteiger partial charge in [0.1, 0.15) is 5.41 Å². The molecule has 1 aromatic rings. The van der Waals surface area contributed by atoms with Crippen LogP contribution >= 0.6 is 11.6 Å². The van der Waals surface area contributed by atoms with E-state index in [-0.39, 0.29) is 11.3 Å². The summed E-state index contributed by atoms with van der Waals surface area (Å²) >= 11 is 6.12. The summed E-state index contributed by atoms with van der Waals surface area (Å²) in [6.07, 6.45) is 2.38. The molecular weight excluding hydrogens is 318 g/mol. The number of halogens is 1. The van der Waals surface area contributed by atoms with Gasteiger partial charge in [-0.1, -0.05) is 23.7 Å². The number of amides is 1. The van der Waals surface area contributed by atoms with Crippen molar-refractivity contribution in [1.82, 2.24) is 5.32 Å². The molecule has 1 aromatic carbocycles. The lowest BCUT2D eigenvalue weighted by Gasteiger charge is -2.38. The fourth-order valence-electron chi connectivity index (χ4n) is 3.23. The molecule has 1 aliphatic heterocycles. The van der Waals surface area contributed by atoms with Crippen molar-refractivity contribution in [2.24, 2.45) is 5.41 Å². The maximum absolute atomic E-state index is 12.3. The molecule has 23 heavy (non-hydrogen) atoms. The monoisotopic (exact) mass is 337 g/mol. The third kappa shape index (κ3) is 3.08. The Kier molecular flexibility index (Phi) is 4.34. The minimum absolute atomic E-state index is 0.257. The quantitative estimate of drug-likeness (QED) is 0.809. The molecule has 0 unspecified atom stereocenters. The molecule has 1 amide bonds. The number of carbonyl (C=O) groups is 2. The van der Waals surface area contributed by atoms with Crippen molar-refractivity contribution in [1.29, 1.82) is 0 Å². The van der Waals surface area contributed by atoms with Crippen molar-refractivity contribution in [3.63, 3.8) is 0 Å². The van der Waals surface area contributed by atoms with Gasteiger partial charge in [-0.2, -0.15) is 0 Å². The number of carboxylic acids is 1. The van der Waals surface area contributed by atoms with Gasteiger partial charge in [0.2, 0.25) is 5.91 Å². The summed E-state index contributed by atoms with van der Waals surface area (Å²) in [5.74, 6) is -1.41.